The summed E-state index contributed by atoms with van der Waals surface area (Å²) in [6, 6.07) is -0.624. The molecule has 1 aliphatic heterocycles. The molecular weight excluding hydrogens is 605 g/mol. The van der Waals surface area contributed by atoms with Crippen molar-refractivity contribution in [2.24, 2.45) is 0 Å². The van der Waals surface area contributed by atoms with Gasteiger partial charge in [-0.15, -0.1) is 10.2 Å². The molecule has 3 atom stereocenters. The molecule has 0 saturated heterocycles. The predicted molar refractivity (Wildman–Crippen MR) is 144 cm³/mol. The number of sulfone groups is 1. The average Bonchev–Trinajstić information content (AvgIpc) is 3.24. The van der Waals surface area contributed by atoms with Gasteiger partial charge in [0.15, 0.2) is 39.6 Å². The highest BCUT2D eigenvalue weighted by atomic mass is 35.5. The van der Waals surface area contributed by atoms with Crippen molar-refractivity contribution in [3.8, 4) is 22.9 Å². The van der Waals surface area contributed by atoms with Gasteiger partial charge in [-0.2, -0.15) is 13.2 Å². The fourth-order valence-corrected chi connectivity index (χ4v) is 5.74. The molecular formula is C25H30ClF3N6O6S. The van der Waals surface area contributed by atoms with E-state index in [1.807, 2.05) is 0 Å². The van der Waals surface area contributed by atoms with Gasteiger partial charge in [0.05, 0.1) is 40.8 Å². The van der Waals surface area contributed by atoms with E-state index in [-0.39, 0.29) is 58.9 Å². The summed E-state index contributed by atoms with van der Waals surface area (Å²) >= 11 is 5.92. The van der Waals surface area contributed by atoms with Crippen LogP contribution < -0.4 is 9.47 Å². The SMILES string of the molecule is CCOC[C@@H]1COc2c(OCC(F)(F)F)cncc2-c2nnc(CS(=O)(=O)[C@@H](C)[C@@H](OC(C)C)c3ncc(Cl)cn3)n21. The van der Waals surface area contributed by atoms with Crippen LogP contribution >= 0.6 is 11.6 Å². The molecule has 0 saturated carbocycles. The van der Waals surface area contributed by atoms with Crippen LogP contribution in [0.2, 0.25) is 5.02 Å². The van der Waals surface area contributed by atoms with Gasteiger partial charge in [0.25, 0.3) is 0 Å². The number of fused-ring (bicyclic) bond motifs is 3. The molecule has 4 rings (SSSR count). The summed E-state index contributed by atoms with van der Waals surface area (Å²) in [7, 11) is -3.99. The van der Waals surface area contributed by atoms with Crippen molar-refractivity contribution in [1.82, 2.24) is 29.7 Å². The van der Waals surface area contributed by atoms with E-state index < -0.39 is 45.8 Å². The lowest BCUT2D eigenvalue weighted by Gasteiger charge is -2.25. The second kappa shape index (κ2) is 13.1. The zero-order valence-electron chi connectivity index (χ0n) is 23.2. The monoisotopic (exact) mass is 634 g/mol. The van der Waals surface area contributed by atoms with Crippen molar-refractivity contribution in [1.29, 1.82) is 0 Å². The van der Waals surface area contributed by atoms with Gasteiger partial charge < -0.3 is 23.5 Å². The number of hydrogen-bond acceptors (Lipinski definition) is 11. The first-order valence-electron chi connectivity index (χ1n) is 13.0. The Labute approximate surface area is 245 Å². The molecule has 0 amide bonds. The largest absolute Gasteiger partial charge is 0.487 e. The third-order valence-corrected chi connectivity index (χ3v) is 8.43. The third-order valence-electron chi connectivity index (χ3n) is 6.20. The van der Waals surface area contributed by atoms with Crippen molar-refractivity contribution >= 4 is 21.4 Å². The number of alkyl halides is 3. The Bertz CT molecular complexity index is 1470. The Morgan fingerprint density at radius 3 is 2.50 bits per heavy atom. The highest BCUT2D eigenvalue weighted by molar-refractivity contribution is 7.91. The molecule has 3 aromatic rings. The van der Waals surface area contributed by atoms with Crippen LogP contribution in [0.5, 0.6) is 11.5 Å². The van der Waals surface area contributed by atoms with Gasteiger partial charge in [-0.3, -0.25) is 4.98 Å². The number of ether oxygens (including phenoxy) is 4. The first-order chi connectivity index (χ1) is 19.8. The Hall–Kier alpha value is -3.08. The molecule has 0 aliphatic carbocycles. The minimum absolute atomic E-state index is 0.0186. The number of hydrogen-bond donors (Lipinski definition) is 0. The molecule has 0 spiro atoms. The number of rotatable bonds is 12. The lowest BCUT2D eigenvalue weighted by atomic mass is 10.2. The highest BCUT2D eigenvalue weighted by Crippen LogP contribution is 2.41. The minimum atomic E-state index is -4.59. The summed E-state index contributed by atoms with van der Waals surface area (Å²) in [5, 5.41) is 7.54. The van der Waals surface area contributed by atoms with Crippen molar-refractivity contribution in [2.75, 3.05) is 26.4 Å². The first-order valence-corrected chi connectivity index (χ1v) is 15.1. The maximum atomic E-state index is 13.8. The summed E-state index contributed by atoms with van der Waals surface area (Å²) in [6.07, 6.45) is -0.790. The minimum Gasteiger partial charge on any atom is -0.487 e. The van der Waals surface area contributed by atoms with Crippen LogP contribution in [-0.2, 0) is 25.1 Å². The lowest BCUT2D eigenvalue weighted by Crippen LogP contribution is -2.32. The molecule has 42 heavy (non-hydrogen) atoms. The van der Waals surface area contributed by atoms with Gasteiger partial charge >= 0.3 is 6.18 Å². The van der Waals surface area contributed by atoms with Crippen LogP contribution in [0.3, 0.4) is 0 Å². The van der Waals surface area contributed by atoms with E-state index in [4.69, 9.17) is 30.5 Å². The van der Waals surface area contributed by atoms with Crippen LogP contribution in [0.15, 0.2) is 24.8 Å². The Balaban J connectivity index is 1.72. The second-order valence-electron chi connectivity index (χ2n) is 9.73. The van der Waals surface area contributed by atoms with Gasteiger partial charge in [-0.1, -0.05) is 11.6 Å². The summed E-state index contributed by atoms with van der Waals surface area (Å²) < 4.78 is 90.1. The van der Waals surface area contributed by atoms with Gasteiger partial charge in [0.2, 0.25) is 0 Å². The Kier molecular flexibility index (Phi) is 9.90. The normalized spacial score (nSPS) is 16.7. The van der Waals surface area contributed by atoms with E-state index in [2.05, 4.69) is 25.1 Å². The van der Waals surface area contributed by atoms with E-state index in [0.29, 0.717) is 6.61 Å². The lowest BCUT2D eigenvalue weighted by molar-refractivity contribution is -0.153. The van der Waals surface area contributed by atoms with Crippen molar-refractivity contribution in [2.45, 2.75) is 63.1 Å². The summed E-state index contributed by atoms with van der Waals surface area (Å²) in [5.74, 6) is -0.447. The molecule has 230 valence electrons. The number of nitrogens with zero attached hydrogens (tertiary/aromatic N) is 6. The summed E-state index contributed by atoms with van der Waals surface area (Å²) in [6.45, 7) is 5.59. The Morgan fingerprint density at radius 2 is 1.86 bits per heavy atom. The van der Waals surface area contributed by atoms with Crippen molar-refractivity contribution < 1.29 is 40.5 Å². The maximum Gasteiger partial charge on any atom is 0.422 e. The smallest absolute Gasteiger partial charge is 0.422 e. The molecule has 12 nitrogen and oxygen atoms in total. The van der Waals surface area contributed by atoms with Gasteiger partial charge in [-0.25, -0.2) is 18.4 Å². The number of pyridine rings is 1. The molecule has 4 heterocycles. The van der Waals surface area contributed by atoms with Gasteiger partial charge in [0.1, 0.15) is 24.3 Å². The van der Waals surface area contributed by atoms with E-state index >= 15 is 0 Å². The van der Waals surface area contributed by atoms with Crippen LogP contribution in [0, 0.1) is 0 Å². The standard InChI is InChI=1S/C25H30ClF3N6O6S/c1-5-38-10-17-11-39-22-18(8-30-9-19(22)40-13-25(27,28)29)24-34-33-20(35(17)24)12-42(36,37)15(4)21(41-14(2)3)23-31-6-16(26)7-32-23/h6-9,14-15,17,21H,5,10-13H2,1-4H3/t15-,17+,21+/m0/s1. The maximum absolute atomic E-state index is 13.8. The first kappa shape index (κ1) is 31.8. The topological polar surface area (TPSA) is 140 Å². The molecule has 0 fully saturated rings. The highest BCUT2D eigenvalue weighted by Gasteiger charge is 2.38. The van der Waals surface area contributed by atoms with Gasteiger partial charge in [-0.05, 0) is 27.7 Å². The zero-order valence-corrected chi connectivity index (χ0v) is 24.8. The molecule has 0 unspecified atom stereocenters. The second-order valence-corrected chi connectivity index (χ2v) is 12.5. The van der Waals surface area contributed by atoms with Crippen LogP contribution in [0.1, 0.15) is 51.5 Å². The number of aromatic nitrogens is 6. The van der Waals surface area contributed by atoms with Crippen LogP contribution in [0.4, 0.5) is 13.2 Å². The molecule has 0 bridgehead atoms. The van der Waals surface area contributed by atoms with E-state index in [0.717, 1.165) is 6.20 Å². The third kappa shape index (κ3) is 7.46. The van der Waals surface area contributed by atoms with E-state index in [9.17, 15) is 21.6 Å². The molecule has 0 radical (unpaired) electrons. The van der Waals surface area contributed by atoms with Crippen molar-refractivity contribution in [3.05, 3.63) is 41.5 Å². The Morgan fingerprint density at radius 1 is 1.14 bits per heavy atom. The van der Waals surface area contributed by atoms with Crippen LogP contribution in [0.25, 0.3) is 11.4 Å². The number of halogens is 4. The molecule has 1 aliphatic rings. The fourth-order valence-electron chi connectivity index (χ4n) is 4.26. The quantitative estimate of drug-likeness (QED) is 0.283. The zero-order chi connectivity index (χ0) is 30.7. The molecule has 0 N–H and O–H groups in total. The molecule has 17 heteroatoms. The van der Waals surface area contributed by atoms with E-state index in [1.54, 1.807) is 25.3 Å². The average molecular weight is 635 g/mol. The fraction of sp³-hybridized carbons (Fsp3) is 0.560. The van der Waals surface area contributed by atoms with Gasteiger partial charge in [0, 0.05) is 25.2 Å². The summed E-state index contributed by atoms with van der Waals surface area (Å²) in [4.78, 5) is 12.3. The van der Waals surface area contributed by atoms with Crippen LogP contribution in [-0.4, -0.2) is 82.1 Å². The molecule has 0 aromatic carbocycles. The summed E-state index contributed by atoms with van der Waals surface area (Å²) in [5.41, 5.74) is 0.188. The van der Waals surface area contributed by atoms with Crippen molar-refractivity contribution in [3.63, 3.8) is 0 Å². The van der Waals surface area contributed by atoms with E-state index in [1.165, 1.54) is 25.5 Å². The predicted octanol–water partition coefficient (Wildman–Crippen LogP) is 4.16. The molecule has 3 aromatic heterocycles.